The Morgan fingerprint density at radius 1 is 1.26 bits per heavy atom. The summed E-state index contributed by atoms with van der Waals surface area (Å²) in [6.45, 7) is 6.27. The van der Waals surface area contributed by atoms with Gasteiger partial charge in [-0.2, -0.15) is 0 Å². The molecule has 0 saturated carbocycles. The fourth-order valence-electron chi connectivity index (χ4n) is 1.56. The lowest BCUT2D eigenvalue weighted by atomic mass is 9.92. The van der Waals surface area contributed by atoms with Gasteiger partial charge in [0.2, 0.25) is 0 Å². The molecule has 0 aliphatic rings. The van der Waals surface area contributed by atoms with E-state index in [1.165, 1.54) is 0 Å². The first kappa shape index (κ1) is 13.9. The zero-order valence-electron chi connectivity index (χ0n) is 11.1. The summed E-state index contributed by atoms with van der Waals surface area (Å²) in [5.41, 5.74) is 4.09. The van der Waals surface area contributed by atoms with Crippen molar-refractivity contribution in [2.45, 2.75) is 26.2 Å². The third-order valence-corrected chi connectivity index (χ3v) is 3.25. The van der Waals surface area contributed by atoms with E-state index >= 15 is 0 Å². The van der Waals surface area contributed by atoms with Crippen molar-refractivity contribution in [2.24, 2.45) is 5.84 Å². The summed E-state index contributed by atoms with van der Waals surface area (Å²) in [5, 5.41) is 0. The Balaban J connectivity index is 2.61. The first-order valence-corrected chi connectivity index (χ1v) is 6.68. The van der Waals surface area contributed by atoms with Crippen LogP contribution >= 0.6 is 15.9 Å². The fraction of sp³-hybridized carbons (Fsp3) is 0.308. The molecule has 0 aliphatic carbocycles. The molecule has 0 atom stereocenters. The van der Waals surface area contributed by atoms with Crippen molar-refractivity contribution >= 4 is 21.7 Å². The van der Waals surface area contributed by atoms with Crippen LogP contribution in [0.2, 0.25) is 0 Å². The molecular formula is C13H16BrN5. The van der Waals surface area contributed by atoms with Crippen molar-refractivity contribution in [1.29, 1.82) is 0 Å². The average molecular weight is 322 g/mol. The van der Waals surface area contributed by atoms with Gasteiger partial charge in [-0.15, -0.1) is 0 Å². The molecule has 0 unspecified atom stereocenters. The highest BCUT2D eigenvalue weighted by Crippen LogP contribution is 2.27. The van der Waals surface area contributed by atoms with Crippen LogP contribution in [0.5, 0.6) is 0 Å². The van der Waals surface area contributed by atoms with Gasteiger partial charge in [0.05, 0.1) is 5.69 Å². The molecule has 6 heteroatoms. The lowest BCUT2D eigenvalue weighted by Gasteiger charge is -2.19. The molecule has 0 radical (unpaired) electrons. The van der Waals surface area contributed by atoms with Gasteiger partial charge in [-0.1, -0.05) is 20.8 Å². The summed E-state index contributed by atoms with van der Waals surface area (Å²) in [6.07, 6.45) is 1.71. The number of nitrogens with one attached hydrogen (secondary N) is 1. The third-order valence-electron chi connectivity index (χ3n) is 2.61. The first-order valence-electron chi connectivity index (χ1n) is 5.89. The van der Waals surface area contributed by atoms with Crippen LogP contribution in [0.3, 0.4) is 0 Å². The molecule has 0 aromatic carbocycles. The Kier molecular flexibility index (Phi) is 3.82. The van der Waals surface area contributed by atoms with Crippen molar-refractivity contribution in [2.75, 3.05) is 5.43 Å². The number of rotatable bonds is 2. The second kappa shape index (κ2) is 5.22. The van der Waals surface area contributed by atoms with Crippen molar-refractivity contribution in [1.82, 2.24) is 15.0 Å². The number of hydrogen-bond donors (Lipinski definition) is 2. The highest BCUT2D eigenvalue weighted by molar-refractivity contribution is 9.10. The molecule has 0 amide bonds. The summed E-state index contributed by atoms with van der Waals surface area (Å²) in [7, 11) is 0. The molecule has 0 fully saturated rings. The number of anilines is 1. The van der Waals surface area contributed by atoms with Gasteiger partial charge >= 0.3 is 0 Å². The van der Waals surface area contributed by atoms with Crippen LogP contribution in [-0.2, 0) is 5.41 Å². The van der Waals surface area contributed by atoms with E-state index in [-0.39, 0.29) is 5.41 Å². The minimum atomic E-state index is -0.0927. The van der Waals surface area contributed by atoms with Gasteiger partial charge in [-0.05, 0) is 28.1 Å². The predicted molar refractivity (Wildman–Crippen MR) is 79.5 cm³/mol. The first-order chi connectivity index (χ1) is 8.91. The fourth-order valence-corrected chi connectivity index (χ4v) is 1.99. The van der Waals surface area contributed by atoms with Gasteiger partial charge in [0.25, 0.3) is 0 Å². The van der Waals surface area contributed by atoms with Gasteiger partial charge < -0.3 is 5.43 Å². The highest BCUT2D eigenvalue weighted by atomic mass is 79.9. The smallest absolute Gasteiger partial charge is 0.181 e. The van der Waals surface area contributed by atoms with E-state index in [4.69, 9.17) is 5.84 Å². The molecule has 0 bridgehead atoms. The summed E-state index contributed by atoms with van der Waals surface area (Å²) in [5.74, 6) is 6.60. The van der Waals surface area contributed by atoms with Gasteiger partial charge in [-0.3, -0.25) is 4.98 Å². The lowest BCUT2D eigenvalue weighted by Crippen LogP contribution is -2.17. The van der Waals surface area contributed by atoms with Crippen LogP contribution < -0.4 is 11.3 Å². The third kappa shape index (κ3) is 3.08. The lowest BCUT2D eigenvalue weighted by molar-refractivity contribution is 0.568. The van der Waals surface area contributed by atoms with E-state index < -0.39 is 0 Å². The zero-order chi connectivity index (χ0) is 14.0. The van der Waals surface area contributed by atoms with Gasteiger partial charge in [0, 0.05) is 22.2 Å². The second-order valence-corrected chi connectivity index (χ2v) is 6.04. The second-order valence-electron chi connectivity index (χ2n) is 5.19. The zero-order valence-corrected chi connectivity index (χ0v) is 12.7. The van der Waals surface area contributed by atoms with Crippen molar-refractivity contribution in [3.05, 3.63) is 34.6 Å². The van der Waals surface area contributed by atoms with Crippen LogP contribution in [0.15, 0.2) is 28.9 Å². The molecular weight excluding hydrogens is 306 g/mol. The highest BCUT2D eigenvalue weighted by Gasteiger charge is 2.19. The van der Waals surface area contributed by atoms with E-state index in [0.29, 0.717) is 17.3 Å². The molecule has 0 spiro atoms. The van der Waals surface area contributed by atoms with Gasteiger partial charge in [-0.25, -0.2) is 15.8 Å². The maximum atomic E-state index is 5.47. The summed E-state index contributed by atoms with van der Waals surface area (Å²) < 4.78 is 0.851. The standard InChI is InChI=1S/C13H16BrN5/c1-13(2,3)9-7-10(19-15)18-12(17-9)11-8(14)5-4-6-16-11/h4-7H,15H2,1-3H3,(H,17,18,19). The van der Waals surface area contributed by atoms with Gasteiger partial charge in [0.15, 0.2) is 5.82 Å². The van der Waals surface area contributed by atoms with E-state index in [2.05, 4.69) is 57.1 Å². The number of nitrogens with zero attached hydrogens (tertiary/aromatic N) is 3. The number of halogens is 1. The minimum absolute atomic E-state index is 0.0927. The quantitative estimate of drug-likeness (QED) is 0.657. The molecule has 2 aromatic rings. The SMILES string of the molecule is CC(C)(C)c1cc(NN)nc(-c2ncccc2Br)n1. The predicted octanol–water partition coefficient (Wildman–Crippen LogP) is 2.88. The Morgan fingerprint density at radius 3 is 2.58 bits per heavy atom. The number of hydrogen-bond acceptors (Lipinski definition) is 5. The van der Waals surface area contributed by atoms with Crippen LogP contribution in [0, 0.1) is 0 Å². The van der Waals surface area contributed by atoms with Gasteiger partial charge in [0.1, 0.15) is 11.5 Å². The average Bonchev–Trinajstić information content (AvgIpc) is 2.37. The summed E-state index contributed by atoms with van der Waals surface area (Å²) >= 11 is 3.46. The van der Waals surface area contributed by atoms with Crippen LogP contribution in [0.25, 0.3) is 11.5 Å². The molecule has 100 valence electrons. The Morgan fingerprint density at radius 2 is 2.00 bits per heavy atom. The normalized spacial score (nSPS) is 11.4. The Bertz CT molecular complexity index is 592. The van der Waals surface area contributed by atoms with Crippen LogP contribution in [0.1, 0.15) is 26.5 Å². The number of aromatic nitrogens is 3. The number of nitrogen functional groups attached to an aromatic ring is 1. The minimum Gasteiger partial charge on any atom is -0.308 e. The maximum Gasteiger partial charge on any atom is 0.181 e. The molecule has 0 saturated heterocycles. The van der Waals surface area contributed by atoms with E-state index in [0.717, 1.165) is 10.2 Å². The van der Waals surface area contributed by atoms with E-state index in [1.807, 2.05) is 18.2 Å². The molecule has 19 heavy (non-hydrogen) atoms. The van der Waals surface area contributed by atoms with E-state index in [1.54, 1.807) is 6.20 Å². The summed E-state index contributed by atoms with van der Waals surface area (Å²) in [4.78, 5) is 13.2. The molecule has 2 rings (SSSR count). The van der Waals surface area contributed by atoms with Crippen LogP contribution in [-0.4, -0.2) is 15.0 Å². The molecule has 2 heterocycles. The molecule has 3 N–H and O–H groups in total. The van der Waals surface area contributed by atoms with Crippen molar-refractivity contribution in [3.63, 3.8) is 0 Å². The van der Waals surface area contributed by atoms with Crippen molar-refractivity contribution in [3.8, 4) is 11.5 Å². The molecule has 0 aliphatic heterocycles. The van der Waals surface area contributed by atoms with Crippen LogP contribution in [0.4, 0.5) is 5.82 Å². The monoisotopic (exact) mass is 321 g/mol. The number of nitrogens with two attached hydrogens (primary N) is 1. The summed E-state index contributed by atoms with van der Waals surface area (Å²) in [6, 6.07) is 5.61. The van der Waals surface area contributed by atoms with E-state index in [9.17, 15) is 0 Å². The molecule has 5 nitrogen and oxygen atoms in total. The number of hydrazine groups is 1. The maximum absolute atomic E-state index is 5.47. The topological polar surface area (TPSA) is 76.7 Å². The number of pyridine rings is 1. The largest absolute Gasteiger partial charge is 0.308 e. The van der Waals surface area contributed by atoms with Crippen molar-refractivity contribution < 1.29 is 0 Å². The molecule has 2 aromatic heterocycles. The Hall–Kier alpha value is -1.53. The Labute approximate surface area is 120 Å².